The first-order valence-electron chi connectivity index (χ1n) is 5.50. The molecule has 0 spiro atoms. The molecule has 1 atom stereocenters. The van der Waals surface area contributed by atoms with Crippen molar-refractivity contribution in [2.45, 2.75) is 18.9 Å². The minimum absolute atomic E-state index is 0.518. The molecule has 0 radical (unpaired) electrons. The fourth-order valence-corrected chi connectivity index (χ4v) is 2.45. The lowest BCUT2D eigenvalue weighted by Crippen LogP contribution is -2.15. The van der Waals surface area contributed by atoms with Crippen LogP contribution in [0.25, 0.3) is 11.0 Å². The molecule has 1 aliphatic heterocycles. The van der Waals surface area contributed by atoms with E-state index in [9.17, 15) is 0 Å². The second-order valence-electron chi connectivity index (χ2n) is 4.19. The summed E-state index contributed by atoms with van der Waals surface area (Å²) in [5.74, 6) is 0. The lowest BCUT2D eigenvalue weighted by molar-refractivity contribution is 0.603. The number of hydrogen-bond donors (Lipinski definition) is 1. The van der Waals surface area contributed by atoms with Crippen molar-refractivity contribution in [1.82, 2.24) is 14.9 Å². The van der Waals surface area contributed by atoms with Crippen molar-refractivity contribution in [3.05, 3.63) is 30.1 Å². The van der Waals surface area contributed by atoms with E-state index < -0.39 is 0 Å². The van der Waals surface area contributed by atoms with Crippen molar-refractivity contribution in [2.24, 2.45) is 7.05 Å². The molecular weight excluding hydrogens is 186 g/mol. The van der Waals surface area contributed by atoms with E-state index in [4.69, 9.17) is 0 Å². The molecular formula is C12H15N3. The van der Waals surface area contributed by atoms with Crippen molar-refractivity contribution < 1.29 is 0 Å². The first kappa shape index (κ1) is 8.92. The molecule has 3 nitrogen and oxygen atoms in total. The zero-order valence-corrected chi connectivity index (χ0v) is 8.90. The van der Waals surface area contributed by atoms with Gasteiger partial charge in [0.1, 0.15) is 5.65 Å². The van der Waals surface area contributed by atoms with Crippen molar-refractivity contribution in [1.29, 1.82) is 0 Å². The normalized spacial score (nSPS) is 21.3. The largest absolute Gasteiger partial charge is 0.331 e. The average Bonchev–Trinajstić information content (AvgIpc) is 2.87. The molecule has 0 amide bonds. The molecule has 1 saturated heterocycles. The smallest absolute Gasteiger partial charge is 0.139 e. The number of aromatic nitrogens is 2. The first-order chi connectivity index (χ1) is 7.36. The van der Waals surface area contributed by atoms with Gasteiger partial charge in [-0.2, -0.15) is 0 Å². The Balaban J connectivity index is 2.14. The van der Waals surface area contributed by atoms with Crippen LogP contribution in [-0.2, 0) is 7.05 Å². The van der Waals surface area contributed by atoms with E-state index in [-0.39, 0.29) is 0 Å². The minimum atomic E-state index is 0.518. The number of aryl methyl sites for hydroxylation is 1. The Hall–Kier alpha value is -1.35. The van der Waals surface area contributed by atoms with Crippen LogP contribution in [-0.4, -0.2) is 16.1 Å². The molecule has 1 unspecified atom stereocenters. The summed E-state index contributed by atoms with van der Waals surface area (Å²) in [6, 6.07) is 6.89. The molecule has 1 fully saturated rings. The molecule has 2 aromatic rings. The third kappa shape index (κ3) is 1.35. The maximum Gasteiger partial charge on any atom is 0.139 e. The van der Waals surface area contributed by atoms with Crippen LogP contribution in [0.4, 0.5) is 0 Å². The lowest BCUT2D eigenvalue weighted by atomic mass is 10.1. The van der Waals surface area contributed by atoms with Gasteiger partial charge < -0.3 is 9.88 Å². The zero-order chi connectivity index (χ0) is 10.3. The van der Waals surface area contributed by atoms with Gasteiger partial charge in [0, 0.05) is 30.4 Å². The molecule has 0 saturated carbocycles. The van der Waals surface area contributed by atoms with Crippen molar-refractivity contribution in [3.8, 4) is 0 Å². The summed E-state index contributed by atoms with van der Waals surface area (Å²) >= 11 is 0. The lowest BCUT2D eigenvalue weighted by Gasteiger charge is -2.11. The fourth-order valence-electron chi connectivity index (χ4n) is 2.45. The second kappa shape index (κ2) is 3.35. The zero-order valence-electron chi connectivity index (χ0n) is 8.90. The van der Waals surface area contributed by atoms with Gasteiger partial charge >= 0.3 is 0 Å². The van der Waals surface area contributed by atoms with Crippen molar-refractivity contribution in [2.75, 3.05) is 6.54 Å². The molecule has 15 heavy (non-hydrogen) atoms. The Kier molecular flexibility index (Phi) is 1.99. The Morgan fingerprint density at radius 2 is 2.47 bits per heavy atom. The highest BCUT2D eigenvalue weighted by molar-refractivity contribution is 5.77. The summed E-state index contributed by atoms with van der Waals surface area (Å²) in [5.41, 5.74) is 2.45. The summed E-state index contributed by atoms with van der Waals surface area (Å²) in [7, 11) is 2.10. The highest BCUT2D eigenvalue weighted by Gasteiger charge is 2.20. The van der Waals surface area contributed by atoms with Gasteiger partial charge in [-0.25, -0.2) is 4.98 Å². The van der Waals surface area contributed by atoms with Crippen LogP contribution < -0.4 is 5.32 Å². The van der Waals surface area contributed by atoms with Gasteiger partial charge in [-0.15, -0.1) is 0 Å². The Morgan fingerprint density at radius 1 is 1.53 bits per heavy atom. The Morgan fingerprint density at radius 3 is 3.20 bits per heavy atom. The third-order valence-corrected chi connectivity index (χ3v) is 3.24. The molecule has 1 N–H and O–H groups in total. The Bertz CT molecular complexity index is 481. The average molecular weight is 201 g/mol. The molecule has 3 heteroatoms. The standard InChI is InChI=1S/C12H15N3/c1-15-11(10-5-3-6-13-10)8-9-4-2-7-14-12(9)15/h2,4,7-8,10,13H,3,5-6H2,1H3. The van der Waals surface area contributed by atoms with E-state index in [2.05, 4.69) is 34.0 Å². The summed E-state index contributed by atoms with van der Waals surface area (Å²) in [5, 5.41) is 4.77. The number of pyridine rings is 1. The SMILES string of the molecule is Cn1c(C2CCCN2)cc2cccnc21. The summed E-state index contributed by atoms with van der Waals surface area (Å²) in [6.07, 6.45) is 4.37. The minimum Gasteiger partial charge on any atom is -0.331 e. The van der Waals surface area contributed by atoms with Gasteiger partial charge in [-0.3, -0.25) is 0 Å². The maximum atomic E-state index is 4.41. The van der Waals surface area contributed by atoms with Gasteiger partial charge in [0.2, 0.25) is 0 Å². The number of nitrogens with one attached hydrogen (secondary N) is 1. The monoisotopic (exact) mass is 201 g/mol. The van der Waals surface area contributed by atoms with Crippen LogP contribution >= 0.6 is 0 Å². The van der Waals surface area contributed by atoms with Crippen LogP contribution in [0.1, 0.15) is 24.6 Å². The molecule has 0 bridgehead atoms. The third-order valence-electron chi connectivity index (χ3n) is 3.24. The predicted molar refractivity (Wildman–Crippen MR) is 60.7 cm³/mol. The molecule has 1 aliphatic rings. The molecule has 3 heterocycles. The summed E-state index contributed by atoms with van der Waals surface area (Å²) in [6.45, 7) is 1.14. The molecule has 2 aromatic heterocycles. The highest BCUT2D eigenvalue weighted by atomic mass is 15.1. The summed E-state index contributed by atoms with van der Waals surface area (Å²) in [4.78, 5) is 4.41. The van der Waals surface area contributed by atoms with E-state index in [0.717, 1.165) is 12.2 Å². The number of nitrogens with zero attached hydrogens (tertiary/aromatic N) is 2. The topological polar surface area (TPSA) is 29.9 Å². The highest BCUT2D eigenvalue weighted by Crippen LogP contribution is 2.27. The molecule has 0 aliphatic carbocycles. The molecule has 78 valence electrons. The van der Waals surface area contributed by atoms with Gasteiger partial charge in [-0.05, 0) is 37.6 Å². The van der Waals surface area contributed by atoms with E-state index in [0.29, 0.717) is 6.04 Å². The number of hydrogen-bond acceptors (Lipinski definition) is 2. The maximum absolute atomic E-state index is 4.41. The second-order valence-corrected chi connectivity index (χ2v) is 4.19. The van der Waals surface area contributed by atoms with Crippen LogP contribution in [0.3, 0.4) is 0 Å². The van der Waals surface area contributed by atoms with Gasteiger partial charge in [0.05, 0.1) is 0 Å². The fraction of sp³-hybridized carbons (Fsp3) is 0.417. The van der Waals surface area contributed by atoms with E-state index in [1.807, 2.05) is 12.3 Å². The van der Waals surface area contributed by atoms with Crippen molar-refractivity contribution >= 4 is 11.0 Å². The van der Waals surface area contributed by atoms with Crippen LogP contribution in [0, 0.1) is 0 Å². The quantitative estimate of drug-likeness (QED) is 0.764. The molecule has 0 aromatic carbocycles. The van der Waals surface area contributed by atoms with Crippen LogP contribution in [0.2, 0.25) is 0 Å². The van der Waals surface area contributed by atoms with Gasteiger partial charge in [0.25, 0.3) is 0 Å². The Labute approximate surface area is 89.1 Å². The number of fused-ring (bicyclic) bond motifs is 1. The van der Waals surface area contributed by atoms with Gasteiger partial charge in [-0.1, -0.05) is 0 Å². The van der Waals surface area contributed by atoms with E-state index in [1.165, 1.54) is 23.9 Å². The molecule has 3 rings (SSSR count). The van der Waals surface area contributed by atoms with Crippen molar-refractivity contribution in [3.63, 3.8) is 0 Å². The summed E-state index contributed by atoms with van der Waals surface area (Å²) < 4.78 is 2.21. The predicted octanol–water partition coefficient (Wildman–Crippen LogP) is 2.00. The van der Waals surface area contributed by atoms with Crippen LogP contribution in [0.5, 0.6) is 0 Å². The van der Waals surface area contributed by atoms with E-state index >= 15 is 0 Å². The van der Waals surface area contributed by atoms with E-state index in [1.54, 1.807) is 0 Å². The number of rotatable bonds is 1. The first-order valence-corrected chi connectivity index (χ1v) is 5.50. The van der Waals surface area contributed by atoms with Crippen LogP contribution in [0.15, 0.2) is 24.4 Å². The van der Waals surface area contributed by atoms with Gasteiger partial charge in [0.15, 0.2) is 0 Å².